The van der Waals surface area contributed by atoms with Gasteiger partial charge >= 0.3 is 127 Å². The van der Waals surface area contributed by atoms with E-state index in [1.807, 2.05) is 30.3 Å². The van der Waals surface area contributed by atoms with Crippen molar-refractivity contribution >= 4 is 0 Å². The number of nitrogens with zero attached hydrogens (tertiary/aromatic N) is 2. The molecular formula is C14H22Cl3N3OTi. The summed E-state index contributed by atoms with van der Waals surface area (Å²) in [6.07, 6.45) is 0. The van der Waals surface area contributed by atoms with Crippen LogP contribution in [0.4, 0.5) is 0 Å². The molecule has 1 heterocycles. The van der Waals surface area contributed by atoms with Gasteiger partial charge in [0.15, 0.2) is 0 Å². The maximum absolute atomic E-state index is 6.23. The maximum atomic E-state index is 6.23. The van der Waals surface area contributed by atoms with Crippen molar-refractivity contribution in [2.75, 3.05) is 46.8 Å². The number of ether oxygens (including phenoxy) is 1. The first kappa shape index (κ1) is 24.7. The molecule has 1 aromatic carbocycles. The standard InChI is InChI=1S/C14H22N3O.3ClH.Ti/c1-16-9-8-15-12-14(17(2)11-10-16)18-13-6-4-3-5-7-13;;;;/h3-7,15H,8-12H2,1-2H3;3*1H;/q;;;;+3/p-3. The summed E-state index contributed by atoms with van der Waals surface area (Å²) in [5.74, 6) is 0.922. The van der Waals surface area contributed by atoms with Crippen LogP contribution in [0.2, 0.25) is 0 Å². The van der Waals surface area contributed by atoms with E-state index in [2.05, 4.69) is 49.6 Å². The average molecular weight is 403 g/mol. The summed E-state index contributed by atoms with van der Waals surface area (Å²) in [4.78, 5) is 4.63. The summed E-state index contributed by atoms with van der Waals surface area (Å²) in [5, 5.41) is 3.49. The van der Waals surface area contributed by atoms with E-state index in [4.69, 9.17) is 4.74 Å². The SMILES string of the molecule is CN1CCNC[C]([Ti+3])(Oc2ccccc2)N(C)CC1.[Cl-].[Cl-].[Cl-]. The number of rotatable bonds is 2. The molecule has 8 heteroatoms. The molecule has 0 amide bonds. The summed E-state index contributed by atoms with van der Waals surface area (Å²) < 4.78 is 5.91. The van der Waals surface area contributed by atoms with Crippen molar-refractivity contribution in [3.8, 4) is 5.75 Å². The molecule has 1 unspecified atom stereocenters. The fraction of sp³-hybridized carbons (Fsp3) is 0.571. The second-order valence-corrected chi connectivity index (χ2v) is 6.32. The van der Waals surface area contributed by atoms with E-state index in [0.717, 1.165) is 38.5 Å². The minimum atomic E-state index is -0.313. The van der Waals surface area contributed by atoms with E-state index in [-0.39, 0.29) is 41.3 Å². The van der Waals surface area contributed by atoms with Crippen LogP contribution in [0.3, 0.4) is 0 Å². The molecule has 1 aromatic rings. The number of hydrogen-bond donors (Lipinski definition) is 1. The number of benzene rings is 1. The molecule has 1 atom stereocenters. The van der Waals surface area contributed by atoms with E-state index >= 15 is 0 Å². The van der Waals surface area contributed by atoms with Crippen molar-refractivity contribution in [2.24, 2.45) is 0 Å². The third kappa shape index (κ3) is 7.37. The van der Waals surface area contributed by atoms with Gasteiger partial charge in [-0.1, -0.05) is 0 Å². The summed E-state index contributed by atoms with van der Waals surface area (Å²) in [5.41, 5.74) is 0. The Morgan fingerprint density at radius 2 is 1.68 bits per heavy atom. The van der Waals surface area contributed by atoms with Crippen LogP contribution >= 0.6 is 0 Å². The summed E-state index contributed by atoms with van der Waals surface area (Å²) >= 11 is 2.15. The second kappa shape index (κ2) is 11.9. The quantitative estimate of drug-likeness (QED) is 0.498. The van der Waals surface area contributed by atoms with Crippen LogP contribution in [0.5, 0.6) is 5.75 Å². The Hall–Kier alpha value is 0.484. The van der Waals surface area contributed by atoms with Gasteiger partial charge in [-0.2, -0.15) is 0 Å². The molecular weight excluding hydrogens is 380 g/mol. The van der Waals surface area contributed by atoms with Crippen molar-refractivity contribution in [1.82, 2.24) is 15.1 Å². The molecule has 0 saturated carbocycles. The molecule has 0 bridgehead atoms. The fourth-order valence-corrected chi connectivity index (χ4v) is 2.63. The Balaban J connectivity index is 0. The number of para-hydroxylation sites is 1. The van der Waals surface area contributed by atoms with Crippen molar-refractivity contribution < 1.29 is 62.4 Å². The Morgan fingerprint density at radius 3 is 2.32 bits per heavy atom. The van der Waals surface area contributed by atoms with Crippen molar-refractivity contribution in [1.29, 1.82) is 0 Å². The van der Waals surface area contributed by atoms with E-state index < -0.39 is 0 Å². The van der Waals surface area contributed by atoms with Crippen LogP contribution in [-0.4, -0.2) is 60.6 Å². The monoisotopic (exact) mass is 401 g/mol. The number of nitrogens with one attached hydrogen (secondary N) is 1. The molecule has 124 valence electrons. The van der Waals surface area contributed by atoms with Gasteiger partial charge in [0.2, 0.25) is 0 Å². The first-order valence-electron chi connectivity index (χ1n) is 6.70. The van der Waals surface area contributed by atoms with Crippen molar-refractivity contribution in [3.63, 3.8) is 0 Å². The Bertz CT molecular complexity index is 402. The molecule has 1 aliphatic heterocycles. The van der Waals surface area contributed by atoms with Crippen LogP contribution in [0, 0.1) is 0 Å². The molecule has 0 radical (unpaired) electrons. The first-order chi connectivity index (χ1) is 9.10. The molecule has 1 saturated heterocycles. The average Bonchev–Trinajstić information content (AvgIpc) is 2.46. The van der Waals surface area contributed by atoms with Crippen LogP contribution in [0.25, 0.3) is 0 Å². The second-order valence-electron chi connectivity index (χ2n) is 5.10. The molecule has 4 nitrogen and oxygen atoms in total. The summed E-state index contributed by atoms with van der Waals surface area (Å²) in [6, 6.07) is 10.1. The molecule has 0 aromatic heterocycles. The molecule has 0 spiro atoms. The molecule has 1 aliphatic rings. The smallest absolute Gasteiger partial charge is 1.00 e. The molecule has 1 fully saturated rings. The maximum Gasteiger partial charge on any atom is -1.00 e. The van der Waals surface area contributed by atoms with Gasteiger partial charge in [0.25, 0.3) is 0 Å². The number of hydrogen-bond acceptors (Lipinski definition) is 4. The summed E-state index contributed by atoms with van der Waals surface area (Å²) in [6.45, 7) is 4.97. The van der Waals surface area contributed by atoms with Gasteiger partial charge in [0.1, 0.15) is 0 Å². The third-order valence-electron chi connectivity index (χ3n) is 3.50. The van der Waals surface area contributed by atoms with Crippen LogP contribution < -0.4 is 47.3 Å². The van der Waals surface area contributed by atoms with Crippen molar-refractivity contribution in [2.45, 2.75) is 4.03 Å². The number of likely N-dealkylation sites (N-methyl/N-ethyl adjacent to an activating group) is 2. The van der Waals surface area contributed by atoms with E-state index in [0.29, 0.717) is 0 Å². The summed E-state index contributed by atoms with van der Waals surface area (Å²) in [7, 11) is 4.29. The van der Waals surface area contributed by atoms with E-state index in [1.54, 1.807) is 0 Å². The fourth-order valence-electron chi connectivity index (χ4n) is 2.07. The largest absolute Gasteiger partial charge is 1.00 e. The van der Waals surface area contributed by atoms with Gasteiger partial charge in [0, 0.05) is 0 Å². The molecule has 0 aliphatic carbocycles. The Morgan fingerprint density at radius 1 is 1.05 bits per heavy atom. The number of halogens is 3. The topological polar surface area (TPSA) is 27.7 Å². The van der Waals surface area contributed by atoms with Gasteiger partial charge in [-0.3, -0.25) is 0 Å². The van der Waals surface area contributed by atoms with Crippen LogP contribution in [-0.2, 0) is 20.4 Å². The normalized spacial score (nSPS) is 23.6. The molecule has 1 N–H and O–H groups in total. The van der Waals surface area contributed by atoms with Crippen LogP contribution in [0.15, 0.2) is 30.3 Å². The zero-order chi connectivity index (χ0) is 13.7. The predicted octanol–water partition coefficient (Wildman–Crippen LogP) is -8.26. The van der Waals surface area contributed by atoms with E-state index in [9.17, 15) is 0 Å². The van der Waals surface area contributed by atoms with Crippen LogP contribution in [0.1, 0.15) is 0 Å². The molecule has 2 rings (SSSR count). The van der Waals surface area contributed by atoms with Gasteiger partial charge in [-0.05, 0) is 0 Å². The van der Waals surface area contributed by atoms with Gasteiger partial charge in [-0.15, -0.1) is 0 Å². The minimum absolute atomic E-state index is 0. The zero-order valence-corrected chi connectivity index (χ0v) is 16.7. The van der Waals surface area contributed by atoms with Gasteiger partial charge in [-0.25, -0.2) is 0 Å². The Kier molecular flexibility index (Phi) is 13.4. The van der Waals surface area contributed by atoms with Gasteiger partial charge in [0.05, 0.1) is 0 Å². The first-order valence-corrected chi connectivity index (χ1v) is 7.48. The Labute approximate surface area is 164 Å². The zero-order valence-electron chi connectivity index (χ0n) is 12.9. The van der Waals surface area contributed by atoms with Crippen molar-refractivity contribution in [3.05, 3.63) is 30.3 Å². The minimum Gasteiger partial charge on any atom is -1.00 e. The van der Waals surface area contributed by atoms with Gasteiger partial charge < -0.3 is 37.2 Å². The van der Waals surface area contributed by atoms with E-state index in [1.165, 1.54) is 0 Å². The third-order valence-corrected chi connectivity index (χ3v) is 4.53. The molecule has 22 heavy (non-hydrogen) atoms. The predicted molar refractivity (Wildman–Crippen MR) is 72.8 cm³/mol.